The van der Waals surface area contributed by atoms with Crippen LogP contribution in [0.5, 0.6) is 5.75 Å². The maximum absolute atomic E-state index is 12.3. The van der Waals surface area contributed by atoms with Crippen LogP contribution >= 0.6 is 23.1 Å². The van der Waals surface area contributed by atoms with E-state index < -0.39 is 6.61 Å². The van der Waals surface area contributed by atoms with Crippen LogP contribution in [-0.4, -0.2) is 29.6 Å². The van der Waals surface area contributed by atoms with E-state index in [2.05, 4.69) is 15.0 Å². The maximum atomic E-state index is 12.3. The first-order valence-electron chi connectivity index (χ1n) is 6.54. The summed E-state index contributed by atoms with van der Waals surface area (Å²) in [5, 5.41) is 6.44. The maximum Gasteiger partial charge on any atom is 0.387 e. The molecule has 1 unspecified atom stereocenters. The van der Waals surface area contributed by atoms with Gasteiger partial charge in [-0.3, -0.25) is 0 Å². The van der Waals surface area contributed by atoms with E-state index in [4.69, 9.17) is 0 Å². The molecule has 2 aromatic rings. The zero-order valence-corrected chi connectivity index (χ0v) is 12.7. The summed E-state index contributed by atoms with van der Waals surface area (Å²) in [7, 11) is 0. The molecule has 7 heteroatoms. The van der Waals surface area contributed by atoms with Crippen LogP contribution in [0.15, 0.2) is 29.6 Å². The van der Waals surface area contributed by atoms with Crippen molar-refractivity contribution in [3.63, 3.8) is 0 Å². The van der Waals surface area contributed by atoms with Crippen LogP contribution in [0, 0.1) is 0 Å². The third kappa shape index (κ3) is 3.72. The average Bonchev–Trinajstić information content (AvgIpc) is 2.98. The Morgan fingerprint density at radius 1 is 1.38 bits per heavy atom. The Morgan fingerprint density at radius 2 is 2.29 bits per heavy atom. The van der Waals surface area contributed by atoms with Crippen LogP contribution in [-0.2, 0) is 0 Å². The number of hydrogen-bond acceptors (Lipinski definition) is 5. The Hall–Kier alpha value is -1.18. The molecule has 0 bridgehead atoms. The number of rotatable bonds is 4. The highest BCUT2D eigenvalue weighted by Gasteiger charge is 2.18. The van der Waals surface area contributed by atoms with E-state index in [0.29, 0.717) is 0 Å². The van der Waals surface area contributed by atoms with E-state index in [-0.39, 0.29) is 11.8 Å². The summed E-state index contributed by atoms with van der Waals surface area (Å²) in [4.78, 5) is 4.62. The van der Waals surface area contributed by atoms with E-state index in [1.165, 1.54) is 6.07 Å². The van der Waals surface area contributed by atoms with Gasteiger partial charge >= 0.3 is 6.61 Å². The van der Waals surface area contributed by atoms with Gasteiger partial charge in [-0.25, -0.2) is 4.98 Å². The van der Waals surface area contributed by atoms with Crippen molar-refractivity contribution >= 4 is 23.1 Å². The zero-order chi connectivity index (χ0) is 14.7. The molecule has 0 radical (unpaired) electrons. The van der Waals surface area contributed by atoms with Crippen molar-refractivity contribution < 1.29 is 13.5 Å². The topological polar surface area (TPSA) is 34.1 Å². The van der Waals surface area contributed by atoms with E-state index in [1.54, 1.807) is 23.5 Å². The molecule has 1 fully saturated rings. The Balaban J connectivity index is 1.79. The Morgan fingerprint density at radius 3 is 3.05 bits per heavy atom. The molecule has 0 aliphatic carbocycles. The summed E-state index contributed by atoms with van der Waals surface area (Å²) in [6.45, 7) is -1.82. The lowest BCUT2D eigenvalue weighted by Crippen LogP contribution is -2.30. The lowest BCUT2D eigenvalue weighted by molar-refractivity contribution is -0.0498. The van der Waals surface area contributed by atoms with Crippen LogP contribution in [0.4, 0.5) is 8.78 Å². The summed E-state index contributed by atoms with van der Waals surface area (Å²) in [6, 6.07) is 6.93. The van der Waals surface area contributed by atoms with E-state index >= 15 is 0 Å². The zero-order valence-electron chi connectivity index (χ0n) is 11.1. The van der Waals surface area contributed by atoms with Gasteiger partial charge < -0.3 is 10.1 Å². The summed E-state index contributed by atoms with van der Waals surface area (Å²) in [6.07, 6.45) is 0. The van der Waals surface area contributed by atoms with E-state index in [9.17, 15) is 8.78 Å². The van der Waals surface area contributed by atoms with Crippen LogP contribution in [0.3, 0.4) is 0 Å². The summed E-state index contributed by atoms with van der Waals surface area (Å²) in [5.41, 5.74) is 1.59. The SMILES string of the molecule is FC(F)Oc1cccc(-c2csc(C3CSCCN3)n2)c1. The van der Waals surface area contributed by atoms with Crippen molar-refractivity contribution in [2.24, 2.45) is 0 Å². The lowest BCUT2D eigenvalue weighted by Gasteiger charge is -2.20. The van der Waals surface area contributed by atoms with Gasteiger partial charge in [0.1, 0.15) is 10.8 Å². The minimum Gasteiger partial charge on any atom is -0.435 e. The van der Waals surface area contributed by atoms with E-state index in [1.807, 2.05) is 23.2 Å². The molecule has 1 saturated heterocycles. The van der Waals surface area contributed by atoms with Gasteiger partial charge in [0.15, 0.2) is 0 Å². The van der Waals surface area contributed by atoms with Crippen molar-refractivity contribution in [1.82, 2.24) is 10.3 Å². The van der Waals surface area contributed by atoms with Crippen LogP contribution in [0.2, 0.25) is 0 Å². The largest absolute Gasteiger partial charge is 0.435 e. The van der Waals surface area contributed by atoms with Gasteiger partial charge in [-0.15, -0.1) is 11.3 Å². The number of aromatic nitrogens is 1. The molecule has 2 heterocycles. The first kappa shape index (κ1) is 14.7. The number of nitrogens with one attached hydrogen (secondary N) is 1. The summed E-state index contributed by atoms with van der Waals surface area (Å²) >= 11 is 3.51. The molecule has 1 aromatic carbocycles. The molecule has 1 atom stereocenters. The molecule has 112 valence electrons. The van der Waals surface area contributed by atoms with Gasteiger partial charge in [-0.1, -0.05) is 12.1 Å². The van der Waals surface area contributed by atoms with Gasteiger partial charge in [0.2, 0.25) is 0 Å². The number of benzene rings is 1. The predicted octanol–water partition coefficient (Wildman–Crippen LogP) is 3.79. The Kier molecular flexibility index (Phi) is 4.72. The molecule has 0 amide bonds. The number of hydrogen-bond donors (Lipinski definition) is 1. The number of ether oxygens (including phenoxy) is 1. The number of thiazole rings is 1. The molecule has 1 N–H and O–H groups in total. The molecule has 1 aliphatic heterocycles. The number of thioether (sulfide) groups is 1. The molecule has 0 spiro atoms. The van der Waals surface area contributed by atoms with Gasteiger partial charge in [-0.05, 0) is 12.1 Å². The molecule has 1 aromatic heterocycles. The molecular formula is C14H14F2N2OS2. The van der Waals surface area contributed by atoms with Gasteiger partial charge in [0.25, 0.3) is 0 Å². The average molecular weight is 328 g/mol. The second kappa shape index (κ2) is 6.72. The second-order valence-electron chi connectivity index (χ2n) is 4.56. The van der Waals surface area contributed by atoms with Crippen LogP contribution in [0.25, 0.3) is 11.3 Å². The fraction of sp³-hybridized carbons (Fsp3) is 0.357. The van der Waals surface area contributed by atoms with Gasteiger partial charge in [0.05, 0.1) is 11.7 Å². The molecule has 3 rings (SSSR count). The van der Waals surface area contributed by atoms with Crippen molar-refractivity contribution in [2.75, 3.05) is 18.1 Å². The highest BCUT2D eigenvalue weighted by molar-refractivity contribution is 7.99. The normalized spacial score (nSPS) is 18.9. The molecule has 1 aliphatic rings. The number of halogens is 2. The smallest absolute Gasteiger partial charge is 0.387 e. The third-order valence-electron chi connectivity index (χ3n) is 3.10. The molecule has 3 nitrogen and oxygen atoms in total. The molecule has 0 saturated carbocycles. The second-order valence-corrected chi connectivity index (χ2v) is 6.60. The molecular weight excluding hydrogens is 314 g/mol. The minimum atomic E-state index is -2.81. The Bertz CT molecular complexity index is 600. The first-order chi connectivity index (χ1) is 10.2. The predicted molar refractivity (Wildman–Crippen MR) is 82.3 cm³/mol. The van der Waals surface area contributed by atoms with Crippen LogP contribution < -0.4 is 10.1 Å². The minimum absolute atomic E-state index is 0.156. The van der Waals surface area contributed by atoms with Crippen molar-refractivity contribution in [1.29, 1.82) is 0 Å². The quantitative estimate of drug-likeness (QED) is 0.926. The van der Waals surface area contributed by atoms with Gasteiger partial charge in [-0.2, -0.15) is 20.5 Å². The fourth-order valence-corrected chi connectivity index (χ4v) is 4.08. The molecule has 21 heavy (non-hydrogen) atoms. The third-order valence-corrected chi connectivity index (χ3v) is 5.12. The summed E-state index contributed by atoms with van der Waals surface area (Å²) in [5.74, 6) is 2.30. The number of alkyl halides is 2. The number of nitrogens with zero attached hydrogens (tertiary/aromatic N) is 1. The fourth-order valence-electron chi connectivity index (χ4n) is 2.14. The van der Waals surface area contributed by atoms with Crippen molar-refractivity contribution in [3.8, 4) is 17.0 Å². The Labute approximate surface area is 129 Å². The highest BCUT2D eigenvalue weighted by Crippen LogP contribution is 2.30. The van der Waals surface area contributed by atoms with Crippen molar-refractivity contribution in [2.45, 2.75) is 12.7 Å². The summed E-state index contributed by atoms with van der Waals surface area (Å²) < 4.78 is 28.9. The van der Waals surface area contributed by atoms with Gasteiger partial charge in [0, 0.05) is 29.0 Å². The monoisotopic (exact) mass is 328 g/mol. The first-order valence-corrected chi connectivity index (χ1v) is 8.57. The van der Waals surface area contributed by atoms with Crippen LogP contribution in [0.1, 0.15) is 11.0 Å². The van der Waals surface area contributed by atoms with Crippen molar-refractivity contribution in [3.05, 3.63) is 34.7 Å². The lowest BCUT2D eigenvalue weighted by atomic mass is 10.1. The van der Waals surface area contributed by atoms with E-state index in [0.717, 1.165) is 34.3 Å². The standard InChI is InChI=1S/C14H14F2N2OS2/c15-14(16)19-10-3-1-2-9(6-10)11-8-21-13(18-11)12-7-20-5-4-17-12/h1-3,6,8,12,14,17H,4-5,7H2. The highest BCUT2D eigenvalue weighted by atomic mass is 32.2.